The van der Waals surface area contributed by atoms with Gasteiger partial charge in [0.15, 0.2) is 5.11 Å². The summed E-state index contributed by atoms with van der Waals surface area (Å²) < 4.78 is 0. The van der Waals surface area contributed by atoms with Gasteiger partial charge in [0.25, 0.3) is 0 Å². The highest BCUT2D eigenvalue weighted by molar-refractivity contribution is 7.80. The lowest BCUT2D eigenvalue weighted by Gasteiger charge is -2.10. The highest BCUT2D eigenvalue weighted by Crippen LogP contribution is 2.24. The zero-order valence-corrected chi connectivity index (χ0v) is 11.1. The van der Waals surface area contributed by atoms with Crippen molar-refractivity contribution in [3.8, 4) is 0 Å². The first-order chi connectivity index (χ1) is 7.49. The van der Waals surface area contributed by atoms with Gasteiger partial charge in [0.2, 0.25) is 0 Å². The molecule has 2 nitrogen and oxygen atoms in total. The molecule has 0 bridgehead atoms. The van der Waals surface area contributed by atoms with Crippen LogP contribution in [0.15, 0.2) is 30.4 Å². The Morgan fingerprint density at radius 2 is 2.06 bits per heavy atom. The van der Waals surface area contributed by atoms with Crippen LogP contribution < -0.4 is 10.6 Å². The average Bonchev–Trinajstić information content (AvgIpc) is 2.21. The third-order valence-corrected chi connectivity index (χ3v) is 2.71. The summed E-state index contributed by atoms with van der Waals surface area (Å²) >= 11 is 16.8. The molecular weight excluding hydrogens is 263 g/mol. The lowest BCUT2D eigenvalue weighted by molar-refractivity contribution is 1.000. The maximum absolute atomic E-state index is 5.88. The standard InChI is InChI=1S/C11H12Cl2N2S/c1-7(2)6-14-11(16)15-8-3-4-9(12)10(13)5-8/h3-5H,1,6H2,2H3,(H2,14,15,16). The zero-order chi connectivity index (χ0) is 12.1. The smallest absolute Gasteiger partial charge is 0.171 e. The number of nitrogens with one attached hydrogen (secondary N) is 2. The van der Waals surface area contributed by atoms with E-state index >= 15 is 0 Å². The third kappa shape index (κ3) is 4.39. The van der Waals surface area contributed by atoms with Crippen LogP contribution in [0.4, 0.5) is 5.69 Å². The Bertz CT molecular complexity index is 418. The summed E-state index contributed by atoms with van der Waals surface area (Å²) in [5.74, 6) is 0. The van der Waals surface area contributed by atoms with E-state index in [0.717, 1.165) is 11.3 Å². The van der Waals surface area contributed by atoms with Crippen molar-refractivity contribution in [1.29, 1.82) is 0 Å². The van der Waals surface area contributed by atoms with Crippen LogP contribution in [0.3, 0.4) is 0 Å². The van der Waals surface area contributed by atoms with E-state index in [1.54, 1.807) is 12.1 Å². The summed E-state index contributed by atoms with van der Waals surface area (Å²) in [4.78, 5) is 0. The molecule has 1 rings (SSSR count). The monoisotopic (exact) mass is 274 g/mol. The Morgan fingerprint density at radius 3 is 2.62 bits per heavy atom. The molecule has 0 unspecified atom stereocenters. The minimum atomic E-state index is 0.495. The minimum absolute atomic E-state index is 0.495. The van der Waals surface area contributed by atoms with Crippen LogP contribution in [0.1, 0.15) is 6.92 Å². The van der Waals surface area contributed by atoms with Crippen molar-refractivity contribution in [1.82, 2.24) is 5.32 Å². The van der Waals surface area contributed by atoms with Gasteiger partial charge < -0.3 is 10.6 Å². The van der Waals surface area contributed by atoms with Gasteiger partial charge >= 0.3 is 0 Å². The molecule has 2 N–H and O–H groups in total. The molecule has 0 aromatic heterocycles. The molecule has 86 valence electrons. The summed E-state index contributed by atoms with van der Waals surface area (Å²) in [6.45, 7) is 6.34. The van der Waals surface area contributed by atoms with Crippen LogP contribution in [-0.4, -0.2) is 11.7 Å². The average molecular weight is 275 g/mol. The summed E-state index contributed by atoms with van der Waals surface area (Å²) in [7, 11) is 0. The van der Waals surface area contributed by atoms with Crippen molar-refractivity contribution in [2.45, 2.75) is 6.92 Å². The van der Waals surface area contributed by atoms with Crippen molar-refractivity contribution >= 4 is 46.2 Å². The maximum atomic E-state index is 5.88. The molecule has 0 saturated carbocycles. The molecule has 0 aliphatic carbocycles. The predicted molar refractivity (Wildman–Crippen MR) is 75.5 cm³/mol. The molecule has 0 radical (unpaired) electrons. The molecule has 1 aromatic carbocycles. The summed E-state index contributed by atoms with van der Waals surface area (Å²) in [5, 5.41) is 7.56. The van der Waals surface area contributed by atoms with Gasteiger partial charge in [-0.3, -0.25) is 0 Å². The Hall–Kier alpha value is -0.770. The second-order valence-electron chi connectivity index (χ2n) is 3.39. The first-order valence-corrected chi connectivity index (χ1v) is 5.79. The Labute approximate surface area is 111 Å². The number of hydrogen-bond acceptors (Lipinski definition) is 1. The van der Waals surface area contributed by atoms with E-state index in [1.807, 2.05) is 13.0 Å². The molecule has 0 fully saturated rings. The number of halogens is 2. The largest absolute Gasteiger partial charge is 0.359 e. The van der Waals surface area contributed by atoms with Crippen molar-refractivity contribution in [2.75, 3.05) is 11.9 Å². The fourth-order valence-electron chi connectivity index (χ4n) is 0.980. The second kappa shape index (κ2) is 6.09. The van der Waals surface area contributed by atoms with Gasteiger partial charge in [-0.05, 0) is 37.3 Å². The molecule has 0 atom stereocenters. The minimum Gasteiger partial charge on any atom is -0.359 e. The van der Waals surface area contributed by atoms with E-state index in [1.165, 1.54) is 0 Å². The third-order valence-electron chi connectivity index (χ3n) is 1.73. The fraction of sp³-hybridized carbons (Fsp3) is 0.182. The molecular formula is C11H12Cl2N2S. The highest BCUT2D eigenvalue weighted by Gasteiger charge is 2.01. The Kier molecular flexibility index (Phi) is 5.06. The summed E-state index contributed by atoms with van der Waals surface area (Å²) in [6.07, 6.45) is 0. The van der Waals surface area contributed by atoms with Crippen LogP contribution >= 0.6 is 35.4 Å². The lowest BCUT2D eigenvalue weighted by Crippen LogP contribution is -2.29. The van der Waals surface area contributed by atoms with Gasteiger partial charge in [-0.1, -0.05) is 35.4 Å². The van der Waals surface area contributed by atoms with Gasteiger partial charge in [0.05, 0.1) is 10.0 Å². The number of hydrogen-bond donors (Lipinski definition) is 2. The van der Waals surface area contributed by atoms with Crippen LogP contribution in [0.5, 0.6) is 0 Å². The van der Waals surface area contributed by atoms with Crippen LogP contribution in [-0.2, 0) is 0 Å². The molecule has 1 aromatic rings. The topological polar surface area (TPSA) is 24.1 Å². The van der Waals surface area contributed by atoms with Crippen molar-refractivity contribution in [3.63, 3.8) is 0 Å². The van der Waals surface area contributed by atoms with Gasteiger partial charge in [-0.2, -0.15) is 0 Å². The first-order valence-electron chi connectivity index (χ1n) is 4.63. The number of benzene rings is 1. The Balaban J connectivity index is 2.56. The number of rotatable bonds is 3. The van der Waals surface area contributed by atoms with Crippen LogP contribution in [0.2, 0.25) is 10.0 Å². The molecule has 16 heavy (non-hydrogen) atoms. The van der Waals surface area contributed by atoms with Gasteiger partial charge in [-0.15, -0.1) is 0 Å². The van der Waals surface area contributed by atoms with Gasteiger partial charge in [-0.25, -0.2) is 0 Å². The normalized spacial score (nSPS) is 9.69. The quantitative estimate of drug-likeness (QED) is 0.647. The molecule has 0 spiro atoms. The van der Waals surface area contributed by atoms with E-state index in [-0.39, 0.29) is 0 Å². The molecule has 0 aliphatic rings. The SMILES string of the molecule is C=C(C)CNC(=S)Nc1ccc(Cl)c(Cl)c1. The maximum Gasteiger partial charge on any atom is 0.171 e. The highest BCUT2D eigenvalue weighted by atomic mass is 35.5. The number of anilines is 1. The van der Waals surface area contributed by atoms with E-state index in [4.69, 9.17) is 35.4 Å². The molecule has 5 heteroatoms. The lowest BCUT2D eigenvalue weighted by atomic mass is 10.3. The predicted octanol–water partition coefficient (Wildman–Crippen LogP) is 3.86. The molecule has 0 saturated heterocycles. The second-order valence-corrected chi connectivity index (χ2v) is 4.62. The van der Waals surface area contributed by atoms with Gasteiger partial charge in [0.1, 0.15) is 0 Å². The first kappa shape index (κ1) is 13.3. The van der Waals surface area contributed by atoms with Crippen LogP contribution in [0, 0.1) is 0 Å². The summed E-state index contributed by atoms with van der Waals surface area (Å²) in [6, 6.07) is 5.25. The Morgan fingerprint density at radius 1 is 1.38 bits per heavy atom. The molecule has 0 amide bonds. The molecule has 0 aliphatic heterocycles. The van der Waals surface area contributed by atoms with Gasteiger partial charge in [0, 0.05) is 12.2 Å². The van der Waals surface area contributed by atoms with Crippen molar-refractivity contribution < 1.29 is 0 Å². The fourth-order valence-corrected chi connectivity index (χ4v) is 1.47. The summed E-state index contributed by atoms with van der Waals surface area (Å²) in [5.41, 5.74) is 1.81. The van der Waals surface area contributed by atoms with E-state index in [2.05, 4.69) is 17.2 Å². The van der Waals surface area contributed by atoms with Crippen molar-refractivity contribution in [3.05, 3.63) is 40.4 Å². The van der Waals surface area contributed by atoms with E-state index < -0.39 is 0 Å². The van der Waals surface area contributed by atoms with Crippen molar-refractivity contribution in [2.24, 2.45) is 0 Å². The van der Waals surface area contributed by atoms with E-state index in [9.17, 15) is 0 Å². The number of thiocarbonyl (C=S) groups is 1. The molecule has 0 heterocycles. The zero-order valence-electron chi connectivity index (χ0n) is 8.81. The van der Waals surface area contributed by atoms with E-state index in [0.29, 0.717) is 21.7 Å². The van der Waals surface area contributed by atoms with Crippen LogP contribution in [0.25, 0.3) is 0 Å².